The minimum absolute atomic E-state index is 0.246. The topological polar surface area (TPSA) is 193 Å². The summed E-state index contributed by atoms with van der Waals surface area (Å²) in [7, 11) is 0. The highest BCUT2D eigenvalue weighted by molar-refractivity contribution is 6.07. The molecule has 101 heavy (non-hydrogen) atoms. The highest BCUT2D eigenvalue weighted by atomic mass is 19.1. The van der Waals surface area contributed by atoms with Gasteiger partial charge in [-0.2, -0.15) is 0 Å². The number of rotatable bonds is 21. The average Bonchev–Trinajstić information content (AvgIpc) is 0.874. The van der Waals surface area contributed by atoms with E-state index in [4.69, 9.17) is 31.4 Å². The highest BCUT2D eigenvalue weighted by Gasteiger charge is 2.18. The van der Waals surface area contributed by atoms with Crippen LogP contribution in [0.1, 0.15) is 47.8 Å². The van der Waals surface area contributed by atoms with Gasteiger partial charge >= 0.3 is 0 Å². The van der Waals surface area contributed by atoms with Gasteiger partial charge in [-0.25, -0.2) is 22.0 Å². The maximum atomic E-state index is 14.0. The van der Waals surface area contributed by atoms with Gasteiger partial charge in [-0.15, -0.1) is 0 Å². The predicted molar refractivity (Wildman–Crippen MR) is 393 cm³/mol. The van der Waals surface area contributed by atoms with Crippen LogP contribution in [-0.4, -0.2) is 57.2 Å². The van der Waals surface area contributed by atoms with Crippen molar-refractivity contribution in [1.29, 1.82) is 0 Å². The fourth-order valence-electron chi connectivity index (χ4n) is 10.7. The maximum Gasteiger partial charge on any atom is 0.255 e. The zero-order valence-corrected chi connectivity index (χ0v) is 55.6. The molecule has 0 aliphatic rings. The second-order valence-corrected chi connectivity index (χ2v) is 23.5. The van der Waals surface area contributed by atoms with Gasteiger partial charge < -0.3 is 47.4 Å². The summed E-state index contributed by atoms with van der Waals surface area (Å²) in [6, 6.07) is 73.9. The van der Waals surface area contributed by atoms with Gasteiger partial charge in [0.1, 0.15) is 66.2 Å². The number of amides is 3. The van der Waals surface area contributed by atoms with E-state index in [0.29, 0.717) is 129 Å². The number of benzene rings is 12. The van der Waals surface area contributed by atoms with Gasteiger partial charge in [0.25, 0.3) is 17.7 Å². The Morgan fingerprint density at radius 1 is 0.307 bits per heavy atom. The minimum atomic E-state index is -0.351. The quantitative estimate of drug-likeness (QED) is 0.0380. The molecule has 0 atom stereocenters. The van der Waals surface area contributed by atoms with E-state index in [9.17, 15) is 36.3 Å². The van der Waals surface area contributed by atoms with Crippen LogP contribution in [0.15, 0.2) is 261 Å². The van der Waals surface area contributed by atoms with Crippen LogP contribution >= 0.6 is 0 Å². The first-order valence-corrected chi connectivity index (χ1v) is 32.5. The third kappa shape index (κ3) is 19.4. The first kappa shape index (κ1) is 71.7. The lowest BCUT2D eigenvalue weighted by Gasteiger charge is -2.14. The molecule has 12 nitrogen and oxygen atoms in total. The summed E-state index contributed by atoms with van der Waals surface area (Å²) < 4.78 is 85.5. The lowest BCUT2D eigenvalue weighted by Crippen LogP contribution is -2.13. The first-order chi connectivity index (χ1) is 48.9. The van der Waals surface area contributed by atoms with Crippen molar-refractivity contribution in [3.8, 4) is 84.0 Å². The van der Waals surface area contributed by atoms with Crippen LogP contribution < -0.4 is 47.4 Å². The largest absolute Gasteiger partial charge is 0.492 e. The molecule has 0 unspecified atom stereocenters. The number of aryl methyl sites for hydroxylation is 3. The van der Waals surface area contributed by atoms with Gasteiger partial charge in [0.05, 0.1) is 0 Å². The zero-order chi connectivity index (χ0) is 71.4. The van der Waals surface area contributed by atoms with Crippen molar-refractivity contribution in [2.75, 3.05) is 55.4 Å². The monoisotopic (exact) mass is 1360 g/mol. The van der Waals surface area contributed by atoms with Crippen molar-refractivity contribution in [2.45, 2.75) is 20.8 Å². The van der Waals surface area contributed by atoms with Gasteiger partial charge in [-0.1, -0.05) is 127 Å². The molecule has 0 fully saturated rings. The summed E-state index contributed by atoms with van der Waals surface area (Å²) in [5.74, 6) is -0.781. The van der Waals surface area contributed by atoms with Gasteiger partial charge in [0, 0.05) is 70.1 Å². The number of nitrogens with two attached hydrogens (primary N) is 3. The van der Waals surface area contributed by atoms with Gasteiger partial charge in [0.15, 0.2) is 0 Å². The molecule has 0 aromatic heterocycles. The van der Waals surface area contributed by atoms with E-state index in [1.807, 2.05) is 55.5 Å². The molecule has 12 rings (SSSR count). The molecule has 0 spiro atoms. The van der Waals surface area contributed by atoms with Crippen LogP contribution in [0, 0.1) is 49.9 Å². The molecule has 3 amide bonds. The summed E-state index contributed by atoms with van der Waals surface area (Å²) in [5.41, 5.74) is 31.5. The molecule has 9 N–H and O–H groups in total. The molecule has 12 aromatic rings. The number of anilines is 3. The zero-order valence-electron chi connectivity index (χ0n) is 55.6. The minimum Gasteiger partial charge on any atom is -0.492 e. The van der Waals surface area contributed by atoms with Crippen LogP contribution in [-0.2, 0) is 0 Å². The van der Waals surface area contributed by atoms with Crippen LogP contribution in [0.4, 0.5) is 39.0 Å². The predicted octanol–water partition coefficient (Wildman–Crippen LogP) is 18.5. The lowest BCUT2D eigenvalue weighted by molar-refractivity contribution is 0.101. The Morgan fingerprint density at radius 2 is 0.584 bits per heavy atom. The second kappa shape index (κ2) is 34.5. The van der Waals surface area contributed by atoms with Crippen LogP contribution in [0.2, 0.25) is 0 Å². The van der Waals surface area contributed by atoms with E-state index in [1.165, 1.54) is 54.1 Å². The molecule has 510 valence electrons. The Balaban J connectivity index is 0.000000163. The summed E-state index contributed by atoms with van der Waals surface area (Å²) in [4.78, 5) is 39.1. The molecular formula is C84H73F5N6O6. The fourth-order valence-corrected chi connectivity index (χ4v) is 10.7. The summed E-state index contributed by atoms with van der Waals surface area (Å²) in [5, 5.41) is 8.75. The summed E-state index contributed by atoms with van der Waals surface area (Å²) in [6.07, 6.45) is 0. The molecule has 0 radical (unpaired) electrons. The molecule has 17 heteroatoms. The number of hydrogen-bond donors (Lipinski definition) is 6. The van der Waals surface area contributed by atoms with E-state index < -0.39 is 0 Å². The number of carbonyl (C=O) groups excluding carboxylic acids is 3. The van der Waals surface area contributed by atoms with E-state index in [-0.39, 0.29) is 46.8 Å². The summed E-state index contributed by atoms with van der Waals surface area (Å²) in [6.45, 7) is 7.47. The lowest BCUT2D eigenvalue weighted by atomic mass is 10.0. The number of ether oxygens (including phenoxy) is 3. The average molecular weight is 1360 g/mol. The smallest absolute Gasteiger partial charge is 0.255 e. The molecule has 0 saturated carbocycles. The number of hydrogen-bond acceptors (Lipinski definition) is 9. The molecule has 12 aromatic carbocycles. The number of nitrogens with one attached hydrogen (secondary N) is 3. The van der Waals surface area contributed by atoms with Crippen LogP contribution in [0.3, 0.4) is 0 Å². The van der Waals surface area contributed by atoms with Crippen molar-refractivity contribution in [2.24, 2.45) is 17.2 Å². The number of carbonyl (C=O) groups is 3. The van der Waals surface area contributed by atoms with Gasteiger partial charge in [-0.05, 0) is 221 Å². The normalized spacial score (nSPS) is 10.7. The maximum absolute atomic E-state index is 14.0. The molecular weight excluding hydrogens is 1280 g/mol. The Labute approximate surface area is 583 Å². The molecule has 0 heterocycles. The molecule has 0 saturated heterocycles. The molecule has 0 aliphatic carbocycles. The second-order valence-electron chi connectivity index (χ2n) is 23.5. The van der Waals surface area contributed by atoms with Crippen LogP contribution in [0.25, 0.3) is 66.8 Å². The van der Waals surface area contributed by atoms with E-state index in [0.717, 1.165) is 38.9 Å². The SMILES string of the molecule is Cc1ccc(-c2cccc(NC(=O)c3ccc(OCCN)c(-c4ccc(F)cc4)c3)c2)cc1.Cc1ccc(-c2cccc(NC(=O)c3ccc(OCCN)c(-c4ccc(F)cc4)c3)c2)cc1F.Cc1ccc(-c2cccc(NC(=O)c3ccc(OCCN)c(-c4ccc(F)cc4)c3)c2)cc1F. The third-order valence-corrected chi connectivity index (χ3v) is 16.1. The van der Waals surface area contributed by atoms with Gasteiger partial charge in [-0.3, -0.25) is 14.4 Å². The van der Waals surface area contributed by atoms with Crippen LogP contribution in [0.5, 0.6) is 17.2 Å². The highest BCUT2D eigenvalue weighted by Crippen LogP contribution is 2.36. The van der Waals surface area contributed by atoms with E-state index in [1.54, 1.807) is 153 Å². The third-order valence-electron chi connectivity index (χ3n) is 16.1. The first-order valence-electron chi connectivity index (χ1n) is 32.5. The van der Waals surface area contributed by atoms with Crippen molar-refractivity contribution in [3.63, 3.8) is 0 Å². The van der Waals surface area contributed by atoms with Crippen molar-refractivity contribution in [1.82, 2.24) is 0 Å². The van der Waals surface area contributed by atoms with E-state index >= 15 is 0 Å². The van der Waals surface area contributed by atoms with E-state index in [2.05, 4.69) is 40.2 Å². The Bertz CT molecular complexity index is 4660. The Morgan fingerprint density at radius 3 is 0.881 bits per heavy atom. The molecule has 0 bridgehead atoms. The van der Waals surface area contributed by atoms with Crippen molar-refractivity contribution >= 4 is 34.8 Å². The van der Waals surface area contributed by atoms with Crippen molar-refractivity contribution in [3.05, 3.63) is 323 Å². The van der Waals surface area contributed by atoms with Crippen molar-refractivity contribution < 1.29 is 50.5 Å². The fraction of sp³-hybridized carbons (Fsp3) is 0.107. The number of halogens is 5. The Hall–Kier alpha value is -12.0. The van der Waals surface area contributed by atoms with Gasteiger partial charge in [0.2, 0.25) is 0 Å². The Kier molecular flexibility index (Phi) is 24.5. The molecule has 0 aliphatic heterocycles. The summed E-state index contributed by atoms with van der Waals surface area (Å²) >= 11 is 0. The standard InChI is InChI=1S/2C28H24F2N2O2.C28H25FN2O2/c2*1-18-5-6-21(17-26(18)30)20-3-2-4-24(15-20)32-28(33)22-9-12-27(34-14-13-31)25(16-22)19-7-10-23(29)11-8-19;1-19-5-7-20(8-6-19)22-3-2-4-25(17-22)31-28(32)23-11-14-27(33-16-15-30)26(18-23)21-9-12-24(29)13-10-21/h2*2-12,15-17H,13-14,31H2,1H3,(H,32,33);2-14,17-18H,15-16,30H2,1H3,(H,31,32).